The summed E-state index contributed by atoms with van der Waals surface area (Å²) in [6.07, 6.45) is 1.58. The molecule has 0 saturated carbocycles. The number of ketones is 1. The Bertz CT molecular complexity index is 454. The highest BCUT2D eigenvalue weighted by atomic mass is 16.3. The fourth-order valence-corrected chi connectivity index (χ4v) is 1.34. The molecule has 0 atom stereocenters. The number of nitrogens with zero attached hydrogens (tertiary/aromatic N) is 2. The summed E-state index contributed by atoms with van der Waals surface area (Å²) in [5.74, 6) is 0.672. The minimum Gasteiger partial charge on any atom is -0.463 e. The average molecular weight is 190 g/mol. The fraction of sp³-hybridized carbons (Fsp3) is 0.200. The Labute approximate surface area is 81.1 Å². The van der Waals surface area contributed by atoms with Gasteiger partial charge in [-0.25, -0.2) is 0 Å². The van der Waals surface area contributed by atoms with Crippen molar-refractivity contribution >= 4 is 5.78 Å². The van der Waals surface area contributed by atoms with Crippen LogP contribution in [0, 0.1) is 0 Å². The molecule has 0 aliphatic rings. The second-order valence-electron chi connectivity index (χ2n) is 3.07. The number of Topliss-reactive ketones (excluding diaryl/α,β-unsaturated/α-hetero) is 1. The third-order valence-corrected chi connectivity index (χ3v) is 2.01. The van der Waals surface area contributed by atoms with Gasteiger partial charge >= 0.3 is 0 Å². The highest BCUT2D eigenvalue weighted by Crippen LogP contribution is 2.18. The maximum atomic E-state index is 11.2. The van der Waals surface area contributed by atoms with Gasteiger partial charge in [0.05, 0.1) is 6.26 Å². The number of hydrogen-bond donors (Lipinski definition) is 0. The largest absolute Gasteiger partial charge is 0.463 e. The number of hydrogen-bond acceptors (Lipinski definition) is 3. The van der Waals surface area contributed by atoms with Crippen molar-refractivity contribution in [2.45, 2.75) is 6.92 Å². The van der Waals surface area contributed by atoms with Crippen LogP contribution in [0.25, 0.3) is 11.5 Å². The van der Waals surface area contributed by atoms with Crippen LogP contribution in [-0.2, 0) is 7.05 Å². The second-order valence-corrected chi connectivity index (χ2v) is 3.07. The molecule has 0 N–H and O–H groups in total. The van der Waals surface area contributed by atoms with Crippen LogP contribution in [0.15, 0.2) is 28.9 Å². The quantitative estimate of drug-likeness (QED) is 0.679. The molecule has 72 valence electrons. The molecule has 2 aromatic heterocycles. The monoisotopic (exact) mass is 190 g/mol. The van der Waals surface area contributed by atoms with E-state index in [1.807, 2.05) is 6.07 Å². The van der Waals surface area contributed by atoms with Crippen LogP contribution in [0.1, 0.15) is 17.4 Å². The van der Waals surface area contributed by atoms with Gasteiger partial charge in [0, 0.05) is 14.0 Å². The molecule has 0 spiro atoms. The van der Waals surface area contributed by atoms with Crippen molar-refractivity contribution < 1.29 is 9.21 Å². The molecular weight excluding hydrogens is 180 g/mol. The predicted molar refractivity (Wildman–Crippen MR) is 50.9 cm³/mol. The molecule has 0 bridgehead atoms. The Hall–Kier alpha value is -1.84. The molecule has 0 aliphatic carbocycles. The van der Waals surface area contributed by atoms with Gasteiger partial charge < -0.3 is 4.42 Å². The second kappa shape index (κ2) is 3.14. The Morgan fingerprint density at radius 2 is 2.36 bits per heavy atom. The molecule has 14 heavy (non-hydrogen) atoms. The maximum Gasteiger partial charge on any atom is 0.177 e. The molecule has 0 unspecified atom stereocenters. The molecule has 0 amide bonds. The van der Waals surface area contributed by atoms with Gasteiger partial charge in [-0.3, -0.25) is 9.48 Å². The van der Waals surface area contributed by atoms with Gasteiger partial charge in [-0.15, -0.1) is 0 Å². The van der Waals surface area contributed by atoms with Crippen molar-refractivity contribution in [3.8, 4) is 11.5 Å². The van der Waals surface area contributed by atoms with E-state index in [0.717, 1.165) is 0 Å². The molecule has 2 heterocycles. The van der Waals surface area contributed by atoms with E-state index in [-0.39, 0.29) is 5.78 Å². The normalized spacial score (nSPS) is 10.4. The lowest BCUT2D eigenvalue weighted by Gasteiger charge is -1.92. The fourth-order valence-electron chi connectivity index (χ4n) is 1.34. The average Bonchev–Trinajstić information content (AvgIpc) is 2.70. The Morgan fingerprint density at radius 3 is 2.86 bits per heavy atom. The third-order valence-electron chi connectivity index (χ3n) is 2.01. The summed E-state index contributed by atoms with van der Waals surface area (Å²) in [7, 11) is 1.74. The van der Waals surface area contributed by atoms with E-state index >= 15 is 0 Å². The minimum atomic E-state index is -0.00203. The van der Waals surface area contributed by atoms with Crippen LogP contribution in [0.5, 0.6) is 0 Å². The van der Waals surface area contributed by atoms with E-state index in [2.05, 4.69) is 5.10 Å². The van der Waals surface area contributed by atoms with Crippen LogP contribution in [-0.4, -0.2) is 15.6 Å². The van der Waals surface area contributed by atoms with Gasteiger partial charge in [-0.05, 0) is 18.2 Å². The molecule has 2 aromatic rings. The van der Waals surface area contributed by atoms with Gasteiger partial charge in [0.15, 0.2) is 11.5 Å². The van der Waals surface area contributed by atoms with E-state index in [1.54, 1.807) is 30.1 Å². The summed E-state index contributed by atoms with van der Waals surface area (Å²) in [4.78, 5) is 11.2. The topological polar surface area (TPSA) is 48.0 Å². The van der Waals surface area contributed by atoms with Crippen molar-refractivity contribution in [1.29, 1.82) is 0 Å². The molecule has 0 saturated heterocycles. The van der Waals surface area contributed by atoms with Crippen molar-refractivity contribution in [1.82, 2.24) is 9.78 Å². The zero-order valence-corrected chi connectivity index (χ0v) is 8.02. The maximum absolute atomic E-state index is 11.2. The number of rotatable bonds is 2. The van der Waals surface area contributed by atoms with Crippen LogP contribution in [0.4, 0.5) is 0 Å². The highest BCUT2D eigenvalue weighted by molar-refractivity contribution is 5.93. The number of carbonyl (C=O) groups is 1. The molecule has 0 aliphatic heterocycles. The zero-order valence-electron chi connectivity index (χ0n) is 8.02. The first kappa shape index (κ1) is 8.74. The summed E-state index contributed by atoms with van der Waals surface area (Å²) < 4.78 is 6.74. The molecule has 0 radical (unpaired) electrons. The molecule has 0 aromatic carbocycles. The van der Waals surface area contributed by atoms with Crippen molar-refractivity contribution in [2.75, 3.05) is 0 Å². The number of carbonyl (C=O) groups excluding carboxylic acids is 1. The Morgan fingerprint density at radius 1 is 1.57 bits per heavy atom. The summed E-state index contributed by atoms with van der Waals surface area (Å²) in [6, 6.07) is 5.32. The predicted octanol–water partition coefficient (Wildman–Crippen LogP) is 1.88. The van der Waals surface area contributed by atoms with Gasteiger partial charge in [0.2, 0.25) is 0 Å². The number of aromatic nitrogens is 2. The van der Waals surface area contributed by atoms with Crippen LogP contribution in [0.2, 0.25) is 0 Å². The summed E-state index contributed by atoms with van der Waals surface area (Å²) in [5, 5.41) is 4.18. The number of aryl methyl sites for hydroxylation is 1. The van der Waals surface area contributed by atoms with Gasteiger partial charge in [-0.2, -0.15) is 5.10 Å². The molecule has 2 rings (SSSR count). The van der Waals surface area contributed by atoms with Crippen LogP contribution in [0.3, 0.4) is 0 Å². The number of furan rings is 1. The minimum absolute atomic E-state index is 0.00203. The Kier molecular flexibility index (Phi) is 1.96. The first-order valence-corrected chi connectivity index (χ1v) is 4.27. The summed E-state index contributed by atoms with van der Waals surface area (Å²) >= 11 is 0. The van der Waals surface area contributed by atoms with Crippen molar-refractivity contribution in [3.63, 3.8) is 0 Å². The molecular formula is C10H10N2O2. The molecule has 4 nitrogen and oxygen atoms in total. The lowest BCUT2D eigenvalue weighted by molar-refractivity contribution is 0.100. The van der Waals surface area contributed by atoms with E-state index in [9.17, 15) is 4.79 Å². The van der Waals surface area contributed by atoms with E-state index in [0.29, 0.717) is 17.1 Å². The van der Waals surface area contributed by atoms with E-state index < -0.39 is 0 Å². The molecule has 0 fully saturated rings. The SMILES string of the molecule is CC(=O)c1cc(-c2ccco2)nn1C. The van der Waals surface area contributed by atoms with Crippen LogP contribution < -0.4 is 0 Å². The first-order valence-electron chi connectivity index (χ1n) is 4.27. The first-order chi connectivity index (χ1) is 6.68. The third kappa shape index (κ3) is 1.35. The standard InChI is InChI=1S/C10H10N2O2/c1-7(13)9-6-8(11-12(9)2)10-4-3-5-14-10/h3-6H,1-2H3. The Balaban J connectivity index is 2.48. The van der Waals surface area contributed by atoms with Gasteiger partial charge in [-0.1, -0.05) is 0 Å². The van der Waals surface area contributed by atoms with Gasteiger partial charge in [0.1, 0.15) is 11.4 Å². The zero-order chi connectivity index (χ0) is 10.1. The summed E-state index contributed by atoms with van der Waals surface area (Å²) in [5.41, 5.74) is 1.26. The van der Waals surface area contributed by atoms with Crippen molar-refractivity contribution in [3.05, 3.63) is 30.2 Å². The lowest BCUT2D eigenvalue weighted by Crippen LogP contribution is -2.02. The lowest BCUT2D eigenvalue weighted by atomic mass is 10.2. The van der Waals surface area contributed by atoms with Crippen LogP contribution >= 0.6 is 0 Å². The summed E-state index contributed by atoms with van der Waals surface area (Å²) in [6.45, 7) is 1.52. The van der Waals surface area contributed by atoms with E-state index in [4.69, 9.17) is 4.42 Å². The highest BCUT2D eigenvalue weighted by Gasteiger charge is 2.11. The van der Waals surface area contributed by atoms with Crippen molar-refractivity contribution in [2.24, 2.45) is 7.05 Å². The smallest absolute Gasteiger partial charge is 0.177 e. The van der Waals surface area contributed by atoms with E-state index in [1.165, 1.54) is 6.92 Å². The van der Waals surface area contributed by atoms with Gasteiger partial charge in [0.25, 0.3) is 0 Å². The molecule has 4 heteroatoms.